The molecule has 3 heterocycles. The van der Waals surface area contributed by atoms with E-state index in [1.54, 1.807) is 0 Å². The highest BCUT2D eigenvalue weighted by atomic mass is 16.3. The van der Waals surface area contributed by atoms with Gasteiger partial charge in [-0.3, -0.25) is 4.90 Å². The molecule has 1 aromatic heterocycles. The van der Waals surface area contributed by atoms with E-state index in [1.807, 2.05) is 17.9 Å². The fourth-order valence-corrected chi connectivity index (χ4v) is 4.09. The van der Waals surface area contributed by atoms with Gasteiger partial charge in [-0.1, -0.05) is 6.07 Å². The van der Waals surface area contributed by atoms with Crippen LogP contribution in [0.4, 0.5) is 10.6 Å². The maximum absolute atomic E-state index is 12.7. The van der Waals surface area contributed by atoms with E-state index in [0.717, 1.165) is 36.7 Å². The van der Waals surface area contributed by atoms with Gasteiger partial charge in [0.2, 0.25) is 0 Å². The molecule has 0 unspecified atom stereocenters. The summed E-state index contributed by atoms with van der Waals surface area (Å²) >= 11 is 0. The Morgan fingerprint density at radius 1 is 1.22 bits per heavy atom. The van der Waals surface area contributed by atoms with Gasteiger partial charge in [-0.2, -0.15) is 0 Å². The topological polar surface area (TPSA) is 71.9 Å². The van der Waals surface area contributed by atoms with E-state index in [4.69, 9.17) is 4.98 Å². The summed E-state index contributed by atoms with van der Waals surface area (Å²) in [5.41, 5.74) is 1.95. The lowest BCUT2D eigenvalue weighted by atomic mass is 9.99. The number of carbonyl (C=O) groups excluding carboxylic acids is 1. The van der Waals surface area contributed by atoms with Gasteiger partial charge in [0.25, 0.3) is 0 Å². The molecule has 0 aliphatic carbocycles. The number of nitrogens with one attached hydrogen (secondary N) is 1. The first kappa shape index (κ1) is 19.9. The summed E-state index contributed by atoms with van der Waals surface area (Å²) in [4.78, 5) is 23.9. The number of pyridine rings is 1. The van der Waals surface area contributed by atoms with Crippen LogP contribution < -0.4 is 10.2 Å². The Labute approximate surface area is 162 Å². The summed E-state index contributed by atoms with van der Waals surface area (Å²) in [6, 6.07) is 4.07. The average Bonchev–Trinajstić information content (AvgIpc) is 3.16. The number of hydrogen-bond acceptors (Lipinski definition) is 5. The third kappa shape index (κ3) is 4.71. The SMILES string of the molecule is Cc1ccc(CNC(=O)N2CCN(CCO)C(C)(C)C2)c(N2CCCC2)n1. The van der Waals surface area contributed by atoms with Crippen LogP contribution in [0, 0.1) is 6.92 Å². The van der Waals surface area contributed by atoms with E-state index in [1.165, 1.54) is 12.8 Å². The highest BCUT2D eigenvalue weighted by molar-refractivity contribution is 5.74. The number of anilines is 1. The fourth-order valence-electron chi connectivity index (χ4n) is 4.09. The molecule has 0 radical (unpaired) electrons. The zero-order valence-electron chi connectivity index (χ0n) is 16.9. The van der Waals surface area contributed by atoms with Crippen LogP contribution in [-0.4, -0.2) is 77.3 Å². The summed E-state index contributed by atoms with van der Waals surface area (Å²) in [7, 11) is 0. The van der Waals surface area contributed by atoms with Crippen molar-refractivity contribution in [1.82, 2.24) is 20.1 Å². The maximum Gasteiger partial charge on any atom is 0.317 e. The molecule has 150 valence electrons. The van der Waals surface area contributed by atoms with E-state index in [9.17, 15) is 9.90 Å². The van der Waals surface area contributed by atoms with Crippen molar-refractivity contribution in [3.05, 3.63) is 23.4 Å². The Balaban J connectivity index is 1.61. The molecule has 0 aromatic carbocycles. The first-order valence-electron chi connectivity index (χ1n) is 10.0. The first-order valence-corrected chi connectivity index (χ1v) is 10.0. The molecule has 7 nitrogen and oxygen atoms in total. The number of aryl methyl sites for hydroxylation is 1. The Bertz CT molecular complexity index is 658. The van der Waals surface area contributed by atoms with Crippen molar-refractivity contribution in [2.75, 3.05) is 50.8 Å². The van der Waals surface area contributed by atoms with Crippen LogP contribution in [-0.2, 0) is 6.54 Å². The van der Waals surface area contributed by atoms with Crippen molar-refractivity contribution < 1.29 is 9.90 Å². The molecule has 2 aliphatic heterocycles. The largest absolute Gasteiger partial charge is 0.395 e. The molecule has 2 N–H and O–H groups in total. The zero-order valence-corrected chi connectivity index (χ0v) is 16.9. The standard InChI is InChI=1S/C20H33N5O2/c1-16-6-7-17(18(22-16)23-8-4-5-9-23)14-21-19(27)24-10-11-25(12-13-26)20(2,3)15-24/h6-7,26H,4-5,8-15H2,1-3H3,(H,21,27). The van der Waals surface area contributed by atoms with Crippen LogP contribution in [0.1, 0.15) is 37.9 Å². The van der Waals surface area contributed by atoms with E-state index in [-0.39, 0.29) is 18.2 Å². The van der Waals surface area contributed by atoms with Crippen molar-refractivity contribution in [3.63, 3.8) is 0 Å². The van der Waals surface area contributed by atoms with Gasteiger partial charge in [0.05, 0.1) is 6.61 Å². The minimum atomic E-state index is -0.134. The predicted octanol–water partition coefficient (Wildman–Crippen LogP) is 1.59. The van der Waals surface area contributed by atoms with E-state index in [0.29, 0.717) is 26.2 Å². The summed E-state index contributed by atoms with van der Waals surface area (Å²) in [6.45, 7) is 11.7. The van der Waals surface area contributed by atoms with Crippen molar-refractivity contribution in [3.8, 4) is 0 Å². The normalized spacial score (nSPS) is 20.1. The minimum Gasteiger partial charge on any atom is -0.395 e. The van der Waals surface area contributed by atoms with Crippen molar-refractivity contribution in [2.45, 2.75) is 45.7 Å². The predicted molar refractivity (Wildman–Crippen MR) is 107 cm³/mol. The van der Waals surface area contributed by atoms with Gasteiger partial charge in [0.15, 0.2) is 0 Å². The number of aliphatic hydroxyl groups is 1. The van der Waals surface area contributed by atoms with Crippen LogP contribution in [0.2, 0.25) is 0 Å². The molecule has 0 atom stereocenters. The molecule has 0 bridgehead atoms. The van der Waals surface area contributed by atoms with Crippen LogP contribution in [0.25, 0.3) is 0 Å². The third-order valence-corrected chi connectivity index (χ3v) is 5.66. The Kier molecular flexibility index (Phi) is 6.22. The van der Waals surface area contributed by atoms with Gasteiger partial charge >= 0.3 is 6.03 Å². The van der Waals surface area contributed by atoms with Crippen LogP contribution >= 0.6 is 0 Å². The number of carbonyl (C=O) groups is 1. The molecule has 2 saturated heterocycles. The average molecular weight is 376 g/mol. The molecule has 0 spiro atoms. The number of nitrogens with zero attached hydrogens (tertiary/aromatic N) is 4. The number of β-amino-alcohol motifs (C(OH)–C–C–N with tert-alkyl or cyclic N) is 1. The summed E-state index contributed by atoms with van der Waals surface area (Å²) in [6.07, 6.45) is 2.41. The van der Waals surface area contributed by atoms with Gasteiger partial charge in [-0.15, -0.1) is 0 Å². The Morgan fingerprint density at radius 2 is 1.96 bits per heavy atom. The number of piperazine rings is 1. The monoisotopic (exact) mass is 375 g/mol. The molecular weight excluding hydrogens is 342 g/mol. The second-order valence-corrected chi connectivity index (χ2v) is 8.23. The first-order chi connectivity index (χ1) is 12.9. The zero-order chi connectivity index (χ0) is 19.4. The van der Waals surface area contributed by atoms with Crippen LogP contribution in [0.5, 0.6) is 0 Å². The van der Waals surface area contributed by atoms with Gasteiger partial charge in [0, 0.05) is 62.6 Å². The summed E-state index contributed by atoms with van der Waals surface area (Å²) < 4.78 is 0. The smallest absolute Gasteiger partial charge is 0.317 e. The van der Waals surface area contributed by atoms with Gasteiger partial charge < -0.3 is 20.2 Å². The van der Waals surface area contributed by atoms with Crippen molar-refractivity contribution in [2.24, 2.45) is 0 Å². The fraction of sp³-hybridized carbons (Fsp3) is 0.700. The molecule has 1 aromatic rings. The lowest BCUT2D eigenvalue weighted by Crippen LogP contribution is -2.62. The van der Waals surface area contributed by atoms with Crippen LogP contribution in [0.15, 0.2) is 12.1 Å². The summed E-state index contributed by atoms with van der Waals surface area (Å²) in [5.74, 6) is 1.01. The number of hydrogen-bond donors (Lipinski definition) is 2. The van der Waals surface area contributed by atoms with Gasteiger partial charge in [0.1, 0.15) is 5.82 Å². The number of aliphatic hydroxyl groups excluding tert-OH is 1. The Hall–Kier alpha value is -1.86. The summed E-state index contributed by atoms with van der Waals surface area (Å²) in [5, 5.41) is 12.3. The van der Waals surface area contributed by atoms with Gasteiger partial charge in [-0.25, -0.2) is 9.78 Å². The lowest BCUT2D eigenvalue weighted by Gasteiger charge is -2.46. The quantitative estimate of drug-likeness (QED) is 0.818. The minimum absolute atomic E-state index is 0.0281. The molecule has 7 heteroatoms. The molecule has 2 amide bonds. The molecular formula is C20H33N5O2. The lowest BCUT2D eigenvalue weighted by molar-refractivity contribution is 0.0243. The van der Waals surface area contributed by atoms with E-state index < -0.39 is 0 Å². The third-order valence-electron chi connectivity index (χ3n) is 5.66. The van der Waals surface area contributed by atoms with E-state index in [2.05, 4.69) is 35.0 Å². The number of aromatic nitrogens is 1. The van der Waals surface area contributed by atoms with Gasteiger partial charge in [-0.05, 0) is 39.7 Å². The number of urea groups is 1. The molecule has 27 heavy (non-hydrogen) atoms. The van der Waals surface area contributed by atoms with Crippen molar-refractivity contribution >= 4 is 11.8 Å². The van der Waals surface area contributed by atoms with Crippen molar-refractivity contribution in [1.29, 1.82) is 0 Å². The molecule has 2 aliphatic rings. The second kappa shape index (κ2) is 8.44. The Morgan fingerprint density at radius 3 is 2.63 bits per heavy atom. The molecule has 2 fully saturated rings. The van der Waals surface area contributed by atoms with E-state index >= 15 is 0 Å². The van der Waals surface area contributed by atoms with Crippen LogP contribution in [0.3, 0.4) is 0 Å². The highest BCUT2D eigenvalue weighted by Gasteiger charge is 2.35. The number of rotatable bonds is 5. The molecule has 0 saturated carbocycles. The molecule has 3 rings (SSSR count). The number of amides is 2. The second-order valence-electron chi connectivity index (χ2n) is 8.23. The maximum atomic E-state index is 12.7. The highest BCUT2D eigenvalue weighted by Crippen LogP contribution is 2.24.